The summed E-state index contributed by atoms with van der Waals surface area (Å²) in [6.45, 7) is 4.03. The summed E-state index contributed by atoms with van der Waals surface area (Å²) in [5.74, 6) is -2.04. The van der Waals surface area contributed by atoms with Crippen LogP contribution in [0.4, 0.5) is 11.4 Å². The first kappa shape index (κ1) is 26.3. The number of nitrogens with zero attached hydrogens (tertiary/aromatic N) is 3. The Bertz CT molecular complexity index is 1430. The first-order valence-corrected chi connectivity index (χ1v) is 12.4. The van der Waals surface area contributed by atoms with Gasteiger partial charge in [-0.3, -0.25) is 23.9 Å². The third-order valence-electron chi connectivity index (χ3n) is 6.59. The number of hydrogen-bond acceptors (Lipinski definition) is 9. The molecule has 2 aliphatic rings. The number of carbonyl (C=O) groups is 3. The van der Waals surface area contributed by atoms with E-state index in [2.05, 4.69) is 20.0 Å². The van der Waals surface area contributed by atoms with Gasteiger partial charge < -0.3 is 29.7 Å². The van der Waals surface area contributed by atoms with E-state index in [0.717, 1.165) is 5.56 Å². The van der Waals surface area contributed by atoms with Gasteiger partial charge in [0.2, 0.25) is 0 Å². The lowest BCUT2D eigenvalue weighted by Crippen LogP contribution is -2.55. The molecule has 3 heterocycles. The molecule has 2 aliphatic heterocycles. The number of ether oxygens (including phenoxy) is 2. The molecule has 0 spiro atoms. The van der Waals surface area contributed by atoms with Crippen LogP contribution in [-0.4, -0.2) is 89.5 Å². The van der Waals surface area contributed by atoms with Gasteiger partial charge in [0.15, 0.2) is 18.0 Å². The smallest absolute Gasteiger partial charge is 0.380 e. The number of H-pyrrole nitrogens is 1. The first-order chi connectivity index (χ1) is 18.8. The molecule has 3 amide bonds. The van der Waals surface area contributed by atoms with Crippen LogP contribution in [0, 0.1) is 6.92 Å². The molecule has 2 aromatic carbocycles. The average molecular weight is 538 g/mol. The highest BCUT2D eigenvalue weighted by Gasteiger charge is 2.40. The number of morpholine rings is 2. The van der Waals surface area contributed by atoms with Crippen LogP contribution in [-0.2, 0) is 19.1 Å². The third-order valence-corrected chi connectivity index (χ3v) is 6.59. The van der Waals surface area contributed by atoms with Gasteiger partial charge in [0.05, 0.1) is 19.8 Å². The maximum Gasteiger partial charge on any atom is 0.439 e. The van der Waals surface area contributed by atoms with Gasteiger partial charge in [0.25, 0.3) is 17.7 Å². The minimum absolute atomic E-state index is 0.0897. The van der Waals surface area contributed by atoms with Crippen LogP contribution in [0.5, 0.6) is 0 Å². The molecule has 13 nitrogen and oxygen atoms in total. The van der Waals surface area contributed by atoms with E-state index in [9.17, 15) is 24.3 Å². The van der Waals surface area contributed by atoms with Gasteiger partial charge in [0, 0.05) is 42.1 Å². The number of amides is 3. The van der Waals surface area contributed by atoms with E-state index >= 15 is 0 Å². The van der Waals surface area contributed by atoms with Gasteiger partial charge in [-0.05, 0) is 48.9 Å². The minimum Gasteiger partial charge on any atom is -0.380 e. The molecule has 2 saturated heterocycles. The standard InChI is InChI=1S/C26H27N5O8/c1-15-2-3-17(24(34)30-8-11-37-12-9-30)14-19(15)31-10-13-38-21(25(31)35)20(32)23(33)27-18-6-4-16(5-7-18)22-28-26(36)39-29-22/h2-7,14,20-21,32H,8-13H2,1H3,(H,27,33)(H,28,29,36). The van der Waals surface area contributed by atoms with E-state index in [-0.39, 0.29) is 24.9 Å². The molecule has 13 heteroatoms. The largest absolute Gasteiger partial charge is 0.439 e. The molecule has 0 saturated carbocycles. The molecule has 0 radical (unpaired) electrons. The van der Waals surface area contributed by atoms with E-state index < -0.39 is 29.8 Å². The Morgan fingerprint density at radius 2 is 1.82 bits per heavy atom. The van der Waals surface area contributed by atoms with Crippen molar-refractivity contribution in [2.24, 2.45) is 0 Å². The molecule has 2 atom stereocenters. The number of aromatic amines is 1. The van der Waals surface area contributed by atoms with Crippen LogP contribution in [0.25, 0.3) is 11.4 Å². The summed E-state index contributed by atoms with van der Waals surface area (Å²) in [6.07, 6.45) is -3.22. The van der Waals surface area contributed by atoms with Crippen LogP contribution in [0.3, 0.4) is 0 Å². The number of aromatic nitrogens is 2. The second-order valence-electron chi connectivity index (χ2n) is 9.14. The number of rotatable bonds is 6. The van der Waals surface area contributed by atoms with Crippen molar-refractivity contribution in [3.63, 3.8) is 0 Å². The molecule has 0 aliphatic carbocycles. The number of aliphatic hydroxyl groups excluding tert-OH is 1. The number of carbonyl (C=O) groups excluding carboxylic acids is 3. The third kappa shape index (κ3) is 5.60. The fraction of sp³-hybridized carbons (Fsp3) is 0.346. The second-order valence-corrected chi connectivity index (χ2v) is 9.14. The van der Waals surface area contributed by atoms with E-state index in [1.165, 1.54) is 4.90 Å². The number of aliphatic hydroxyl groups is 1. The van der Waals surface area contributed by atoms with Crippen LogP contribution < -0.4 is 16.0 Å². The molecule has 1 aromatic heterocycles. The lowest BCUT2D eigenvalue weighted by atomic mass is 10.0. The molecule has 204 valence electrons. The zero-order valence-corrected chi connectivity index (χ0v) is 21.1. The Kier molecular flexibility index (Phi) is 7.54. The van der Waals surface area contributed by atoms with Gasteiger partial charge in [-0.1, -0.05) is 11.2 Å². The van der Waals surface area contributed by atoms with Crippen molar-refractivity contribution < 1.29 is 33.5 Å². The van der Waals surface area contributed by atoms with Crippen molar-refractivity contribution in [3.8, 4) is 11.4 Å². The highest BCUT2D eigenvalue weighted by atomic mass is 16.5. The summed E-state index contributed by atoms with van der Waals surface area (Å²) >= 11 is 0. The first-order valence-electron chi connectivity index (χ1n) is 12.4. The van der Waals surface area contributed by atoms with Crippen molar-refractivity contribution in [1.82, 2.24) is 15.0 Å². The quantitative estimate of drug-likeness (QED) is 0.407. The van der Waals surface area contributed by atoms with Gasteiger partial charge in [-0.15, -0.1) is 0 Å². The molecule has 2 unspecified atom stereocenters. The number of hydrogen-bond donors (Lipinski definition) is 3. The highest BCUT2D eigenvalue weighted by Crippen LogP contribution is 2.27. The Labute approximate surface area is 222 Å². The Hall–Kier alpha value is -4.33. The summed E-state index contributed by atoms with van der Waals surface area (Å²) in [5.41, 5.74) is 2.60. The SMILES string of the molecule is Cc1ccc(C(=O)N2CCOCC2)cc1N1CCOC(C(O)C(=O)Nc2ccc(-c3noc(=O)[nH]3)cc2)C1=O. The Balaban J connectivity index is 1.28. The summed E-state index contributed by atoms with van der Waals surface area (Å²) in [5, 5.41) is 16.9. The predicted octanol–water partition coefficient (Wildman–Crippen LogP) is 0.542. The molecule has 2 fully saturated rings. The zero-order chi connectivity index (χ0) is 27.5. The zero-order valence-electron chi connectivity index (χ0n) is 21.1. The predicted molar refractivity (Wildman–Crippen MR) is 137 cm³/mol. The summed E-state index contributed by atoms with van der Waals surface area (Å²) in [4.78, 5) is 55.9. The van der Waals surface area contributed by atoms with E-state index in [0.29, 0.717) is 48.8 Å². The van der Waals surface area contributed by atoms with Gasteiger partial charge in [0.1, 0.15) is 0 Å². The number of anilines is 2. The Morgan fingerprint density at radius 3 is 2.51 bits per heavy atom. The maximum atomic E-state index is 13.4. The van der Waals surface area contributed by atoms with Crippen molar-refractivity contribution >= 4 is 29.1 Å². The monoisotopic (exact) mass is 537 g/mol. The van der Waals surface area contributed by atoms with E-state index in [4.69, 9.17) is 9.47 Å². The van der Waals surface area contributed by atoms with Crippen molar-refractivity contribution in [3.05, 3.63) is 64.1 Å². The van der Waals surface area contributed by atoms with Crippen LogP contribution in [0.1, 0.15) is 15.9 Å². The normalized spacial score (nSPS) is 18.6. The van der Waals surface area contributed by atoms with Crippen LogP contribution >= 0.6 is 0 Å². The lowest BCUT2D eigenvalue weighted by molar-refractivity contribution is -0.150. The Morgan fingerprint density at radius 1 is 1.08 bits per heavy atom. The second kappa shape index (κ2) is 11.2. The highest BCUT2D eigenvalue weighted by molar-refractivity contribution is 6.05. The molecule has 3 aromatic rings. The van der Waals surface area contributed by atoms with Crippen LogP contribution in [0.2, 0.25) is 0 Å². The van der Waals surface area contributed by atoms with Crippen molar-refractivity contribution in [2.45, 2.75) is 19.1 Å². The molecule has 39 heavy (non-hydrogen) atoms. The lowest BCUT2D eigenvalue weighted by Gasteiger charge is -2.35. The van der Waals surface area contributed by atoms with Gasteiger partial charge in [-0.2, -0.15) is 0 Å². The van der Waals surface area contributed by atoms with Gasteiger partial charge >= 0.3 is 5.76 Å². The fourth-order valence-electron chi connectivity index (χ4n) is 4.47. The summed E-state index contributed by atoms with van der Waals surface area (Å²) in [7, 11) is 0. The van der Waals surface area contributed by atoms with Crippen LogP contribution in [0.15, 0.2) is 51.8 Å². The topological polar surface area (TPSA) is 167 Å². The molecule has 0 bridgehead atoms. The molecular formula is C26H27N5O8. The van der Waals surface area contributed by atoms with Crippen molar-refractivity contribution in [1.29, 1.82) is 0 Å². The number of benzene rings is 2. The number of nitrogens with one attached hydrogen (secondary N) is 2. The van der Waals surface area contributed by atoms with E-state index in [1.54, 1.807) is 47.4 Å². The average Bonchev–Trinajstić information content (AvgIpc) is 3.40. The summed E-state index contributed by atoms with van der Waals surface area (Å²) in [6, 6.07) is 11.4. The van der Waals surface area contributed by atoms with Gasteiger partial charge in [-0.25, -0.2) is 4.79 Å². The van der Waals surface area contributed by atoms with Crippen molar-refractivity contribution in [2.75, 3.05) is 49.7 Å². The molecular weight excluding hydrogens is 510 g/mol. The molecule has 5 rings (SSSR count). The minimum atomic E-state index is -1.79. The molecule has 3 N–H and O–H groups in total. The fourth-order valence-corrected chi connectivity index (χ4v) is 4.47. The maximum absolute atomic E-state index is 13.4. The van der Waals surface area contributed by atoms with E-state index in [1.807, 2.05) is 6.92 Å². The summed E-state index contributed by atoms with van der Waals surface area (Å²) < 4.78 is 15.3. The number of aryl methyl sites for hydroxylation is 1.